The molecule has 1 aromatic carbocycles. The maximum absolute atomic E-state index is 10.0. The van der Waals surface area contributed by atoms with Crippen LogP contribution in [0.25, 0.3) is 10.9 Å². The second-order valence-electron chi connectivity index (χ2n) is 5.61. The van der Waals surface area contributed by atoms with E-state index < -0.39 is 6.10 Å². The number of methoxy groups -OCH3 is 1. The molecule has 0 spiro atoms. The average molecular weight is 338 g/mol. The minimum atomic E-state index is -0.531. The van der Waals surface area contributed by atoms with Crippen molar-refractivity contribution in [2.75, 3.05) is 33.1 Å². The molecule has 0 saturated heterocycles. The summed E-state index contributed by atoms with van der Waals surface area (Å²) in [6, 6.07) is 7.89. The number of aliphatic hydroxyl groups is 1. The highest BCUT2D eigenvalue weighted by Crippen LogP contribution is 2.26. The molecule has 5 nitrogen and oxygen atoms in total. The first-order valence-electron chi connectivity index (χ1n) is 7.78. The van der Waals surface area contributed by atoms with Crippen LogP contribution in [0, 0.1) is 0 Å². The molecule has 0 aliphatic heterocycles. The van der Waals surface area contributed by atoms with Crippen molar-refractivity contribution in [1.82, 2.24) is 10.3 Å². The Labute approximate surface area is 141 Å². The largest absolute Gasteiger partial charge is 0.490 e. The highest BCUT2D eigenvalue weighted by atomic mass is 32.2. The van der Waals surface area contributed by atoms with E-state index in [0.29, 0.717) is 18.4 Å². The molecule has 0 fully saturated rings. The molecule has 6 heteroatoms. The van der Waals surface area contributed by atoms with Gasteiger partial charge in [0.15, 0.2) is 0 Å². The maximum Gasteiger partial charge on any atom is 0.128 e. The Morgan fingerprint density at radius 3 is 2.91 bits per heavy atom. The second kappa shape index (κ2) is 9.17. The normalized spacial score (nSPS) is 14.1. The summed E-state index contributed by atoms with van der Waals surface area (Å²) >= 11 is 1.81. The molecular formula is C17H26N2O3S. The van der Waals surface area contributed by atoms with Crippen molar-refractivity contribution in [3.05, 3.63) is 30.0 Å². The first-order valence-corrected chi connectivity index (χ1v) is 9.06. The first-order chi connectivity index (χ1) is 11.1. The van der Waals surface area contributed by atoms with Gasteiger partial charge in [-0.25, -0.2) is 0 Å². The van der Waals surface area contributed by atoms with E-state index in [4.69, 9.17) is 9.47 Å². The monoisotopic (exact) mass is 338 g/mol. The summed E-state index contributed by atoms with van der Waals surface area (Å²) in [5.74, 6) is 0.776. The quantitative estimate of drug-likeness (QED) is 0.621. The van der Waals surface area contributed by atoms with Crippen molar-refractivity contribution >= 4 is 22.7 Å². The SMILES string of the molecule is COCc1cc2c(OCC(O)CNCC(C)SC)cccc2[nH]1. The van der Waals surface area contributed by atoms with Gasteiger partial charge in [0.25, 0.3) is 0 Å². The Hall–Kier alpha value is -1.21. The van der Waals surface area contributed by atoms with Crippen LogP contribution >= 0.6 is 11.8 Å². The molecule has 1 aromatic heterocycles. The number of hydrogen-bond acceptors (Lipinski definition) is 5. The highest BCUT2D eigenvalue weighted by Gasteiger charge is 2.10. The standard InChI is InChI=1S/C17H26N2O3S/c1-12(23-3)8-18-9-14(20)11-22-17-6-4-5-16-15(17)7-13(19-16)10-21-2/h4-7,12,14,18-20H,8-11H2,1-3H3. The number of ether oxygens (including phenoxy) is 2. The molecule has 0 bridgehead atoms. The topological polar surface area (TPSA) is 66.5 Å². The zero-order valence-electron chi connectivity index (χ0n) is 14.0. The van der Waals surface area contributed by atoms with Crippen molar-refractivity contribution in [2.45, 2.75) is 24.9 Å². The molecular weight excluding hydrogens is 312 g/mol. The highest BCUT2D eigenvalue weighted by molar-refractivity contribution is 7.99. The zero-order chi connectivity index (χ0) is 16.7. The Kier molecular flexibility index (Phi) is 7.23. The van der Waals surface area contributed by atoms with Gasteiger partial charge >= 0.3 is 0 Å². The van der Waals surface area contributed by atoms with Crippen LogP contribution in [0.15, 0.2) is 24.3 Å². The molecule has 0 amide bonds. The van der Waals surface area contributed by atoms with Crippen LogP contribution in [0.4, 0.5) is 0 Å². The van der Waals surface area contributed by atoms with Crippen LogP contribution < -0.4 is 10.1 Å². The van der Waals surface area contributed by atoms with Gasteiger partial charge in [-0.1, -0.05) is 13.0 Å². The maximum atomic E-state index is 10.0. The minimum absolute atomic E-state index is 0.268. The summed E-state index contributed by atoms with van der Waals surface area (Å²) in [7, 11) is 1.67. The third kappa shape index (κ3) is 5.42. The van der Waals surface area contributed by atoms with Crippen LogP contribution in [0.5, 0.6) is 5.75 Å². The number of H-pyrrole nitrogens is 1. The first kappa shape index (κ1) is 18.1. The molecule has 3 N–H and O–H groups in total. The number of aliphatic hydroxyl groups excluding tert-OH is 1. The van der Waals surface area contributed by atoms with Crippen molar-refractivity contribution < 1.29 is 14.6 Å². The third-order valence-electron chi connectivity index (χ3n) is 3.63. The fourth-order valence-electron chi connectivity index (χ4n) is 2.33. The lowest BCUT2D eigenvalue weighted by atomic mass is 10.2. The lowest BCUT2D eigenvalue weighted by Gasteiger charge is -2.15. The van der Waals surface area contributed by atoms with E-state index in [9.17, 15) is 5.11 Å². The smallest absolute Gasteiger partial charge is 0.128 e. The number of thioether (sulfide) groups is 1. The zero-order valence-corrected chi connectivity index (χ0v) is 14.8. The molecule has 2 unspecified atom stereocenters. The molecule has 0 aliphatic carbocycles. The molecule has 128 valence electrons. The summed E-state index contributed by atoms with van der Waals surface area (Å²) in [5, 5.41) is 14.8. The average Bonchev–Trinajstić information content (AvgIpc) is 2.96. The number of aromatic amines is 1. The van der Waals surface area contributed by atoms with E-state index in [1.165, 1.54) is 0 Å². The number of benzene rings is 1. The molecule has 0 saturated carbocycles. The van der Waals surface area contributed by atoms with Crippen LogP contribution in [0.3, 0.4) is 0 Å². The van der Waals surface area contributed by atoms with E-state index in [1.54, 1.807) is 18.9 Å². The summed E-state index contributed by atoms with van der Waals surface area (Å²) in [4.78, 5) is 3.30. The van der Waals surface area contributed by atoms with E-state index in [1.807, 2.05) is 24.3 Å². The molecule has 23 heavy (non-hydrogen) atoms. The predicted octanol–water partition coefficient (Wildman–Crippen LogP) is 2.40. The molecule has 2 rings (SSSR count). The Morgan fingerprint density at radius 1 is 1.35 bits per heavy atom. The summed E-state index contributed by atoms with van der Waals surface area (Å²) in [6.07, 6.45) is 1.55. The Balaban J connectivity index is 1.88. The second-order valence-corrected chi connectivity index (χ2v) is 6.89. The number of fused-ring (bicyclic) bond motifs is 1. The van der Waals surface area contributed by atoms with Crippen molar-refractivity contribution in [2.24, 2.45) is 0 Å². The van der Waals surface area contributed by atoms with Gasteiger partial charge in [0.1, 0.15) is 18.5 Å². The van der Waals surface area contributed by atoms with Gasteiger partial charge < -0.3 is 24.9 Å². The molecule has 0 radical (unpaired) electrons. The summed E-state index contributed by atoms with van der Waals surface area (Å²) < 4.78 is 10.9. The van der Waals surface area contributed by atoms with E-state index >= 15 is 0 Å². The third-order valence-corrected chi connectivity index (χ3v) is 4.60. The van der Waals surface area contributed by atoms with Crippen molar-refractivity contribution in [3.8, 4) is 5.75 Å². The minimum Gasteiger partial charge on any atom is -0.490 e. The number of hydrogen-bond donors (Lipinski definition) is 3. The van der Waals surface area contributed by atoms with Gasteiger partial charge in [-0.05, 0) is 24.5 Å². The van der Waals surface area contributed by atoms with Crippen molar-refractivity contribution in [1.29, 1.82) is 0 Å². The Morgan fingerprint density at radius 2 is 2.17 bits per heavy atom. The van der Waals surface area contributed by atoms with Gasteiger partial charge in [-0.15, -0.1) is 0 Å². The fourth-order valence-corrected chi connectivity index (χ4v) is 2.61. The van der Waals surface area contributed by atoms with E-state index in [2.05, 4.69) is 23.5 Å². The number of rotatable bonds is 10. The number of aromatic nitrogens is 1. The Bertz CT molecular complexity index is 603. The van der Waals surface area contributed by atoms with Gasteiger partial charge in [0.2, 0.25) is 0 Å². The van der Waals surface area contributed by atoms with Gasteiger partial charge in [0.05, 0.1) is 6.61 Å². The lowest BCUT2D eigenvalue weighted by Crippen LogP contribution is -2.34. The van der Waals surface area contributed by atoms with Crippen LogP contribution in [-0.4, -0.2) is 54.5 Å². The van der Waals surface area contributed by atoms with Crippen LogP contribution in [0.1, 0.15) is 12.6 Å². The fraction of sp³-hybridized carbons (Fsp3) is 0.529. The van der Waals surface area contributed by atoms with E-state index in [0.717, 1.165) is 28.9 Å². The number of nitrogens with one attached hydrogen (secondary N) is 2. The van der Waals surface area contributed by atoms with Crippen LogP contribution in [0.2, 0.25) is 0 Å². The lowest BCUT2D eigenvalue weighted by molar-refractivity contribution is 0.107. The van der Waals surface area contributed by atoms with Gasteiger partial charge in [-0.3, -0.25) is 0 Å². The molecule has 2 aromatic rings. The molecule has 0 aliphatic rings. The van der Waals surface area contributed by atoms with Crippen molar-refractivity contribution in [3.63, 3.8) is 0 Å². The summed E-state index contributed by atoms with van der Waals surface area (Å²) in [6.45, 7) is 4.37. The predicted molar refractivity (Wildman–Crippen MR) is 96.4 cm³/mol. The van der Waals surface area contributed by atoms with Gasteiger partial charge in [0, 0.05) is 42.0 Å². The molecule has 2 atom stereocenters. The summed E-state index contributed by atoms with van der Waals surface area (Å²) in [5.41, 5.74) is 2.02. The van der Waals surface area contributed by atoms with Gasteiger partial charge in [-0.2, -0.15) is 11.8 Å². The van der Waals surface area contributed by atoms with Crippen LogP contribution in [-0.2, 0) is 11.3 Å². The molecule has 1 heterocycles. The van der Waals surface area contributed by atoms with E-state index in [-0.39, 0.29) is 6.61 Å².